The Morgan fingerprint density at radius 1 is 1.06 bits per heavy atom. The number of nitrogens with one attached hydrogen (secondary N) is 1. The molecule has 7 N–H and O–H groups in total. The molecule has 7 amide bonds. The lowest BCUT2D eigenvalue weighted by atomic mass is 10.0. The van der Waals surface area contributed by atoms with E-state index in [1.807, 2.05) is 6.92 Å². The molecule has 0 spiro atoms. The smallest absolute Gasteiger partial charge is 0.321 e. The highest BCUT2D eigenvalue weighted by atomic mass is 16.2. The summed E-state index contributed by atoms with van der Waals surface area (Å²) >= 11 is 0. The lowest BCUT2D eigenvalue weighted by Gasteiger charge is -2.20. The van der Waals surface area contributed by atoms with Gasteiger partial charge in [0.1, 0.15) is 0 Å². The van der Waals surface area contributed by atoms with Gasteiger partial charge in [0.25, 0.3) is 11.8 Å². The molecule has 1 rings (SSSR count). The molecular formula is C20H32N6O5. The first kappa shape index (κ1) is 25.7. The van der Waals surface area contributed by atoms with Crippen LogP contribution in [-0.4, -0.2) is 59.2 Å². The summed E-state index contributed by atoms with van der Waals surface area (Å²) in [6.45, 7) is 2.51. The highest BCUT2D eigenvalue weighted by Gasteiger charge is 2.22. The van der Waals surface area contributed by atoms with Crippen LogP contribution in [0.15, 0.2) is 23.9 Å². The van der Waals surface area contributed by atoms with Crippen LogP contribution < -0.4 is 22.5 Å². The van der Waals surface area contributed by atoms with Crippen LogP contribution in [0.3, 0.4) is 0 Å². The van der Waals surface area contributed by atoms with E-state index in [4.69, 9.17) is 17.2 Å². The quantitative estimate of drug-likeness (QED) is 0.238. The van der Waals surface area contributed by atoms with Crippen LogP contribution in [0.5, 0.6) is 0 Å². The van der Waals surface area contributed by atoms with Gasteiger partial charge in [-0.05, 0) is 31.6 Å². The van der Waals surface area contributed by atoms with Crippen LogP contribution in [-0.2, 0) is 14.4 Å². The van der Waals surface area contributed by atoms with E-state index in [1.54, 1.807) is 6.08 Å². The number of nitrogens with zero attached hydrogens (tertiary/aromatic N) is 2. The highest BCUT2D eigenvalue weighted by molar-refractivity contribution is 6.12. The van der Waals surface area contributed by atoms with Gasteiger partial charge in [-0.1, -0.05) is 19.4 Å². The second-order valence-electron chi connectivity index (χ2n) is 7.42. The first-order valence-corrected chi connectivity index (χ1v) is 10.2. The van der Waals surface area contributed by atoms with E-state index in [2.05, 4.69) is 5.32 Å². The number of carbonyl (C=O) groups excluding carboxylic acids is 5. The summed E-state index contributed by atoms with van der Waals surface area (Å²) in [6.07, 6.45) is 7.62. The van der Waals surface area contributed by atoms with Crippen LogP contribution in [0.25, 0.3) is 0 Å². The van der Waals surface area contributed by atoms with Gasteiger partial charge >= 0.3 is 12.1 Å². The summed E-state index contributed by atoms with van der Waals surface area (Å²) < 4.78 is 0. The standard InChI is InChI=1S/C20H32N6O5/c1-14(13-18(29)26(20(23)31)11-5-9-24-19(22)30)12-15(21)6-3-2-4-10-25-16(27)7-8-17(25)28/h7-8,12,14H,2-6,9-11,13,21H2,1H3,(H2,23,31)(H3,22,24,30)/b15-12-. The van der Waals surface area contributed by atoms with Gasteiger partial charge in [-0.3, -0.25) is 24.2 Å². The molecule has 1 atom stereocenters. The zero-order chi connectivity index (χ0) is 23.4. The van der Waals surface area contributed by atoms with E-state index in [-0.39, 0.29) is 37.2 Å². The molecule has 0 aliphatic carbocycles. The van der Waals surface area contributed by atoms with Crippen molar-refractivity contribution in [3.63, 3.8) is 0 Å². The number of primary amides is 2. The Labute approximate surface area is 181 Å². The van der Waals surface area contributed by atoms with Crippen LogP contribution >= 0.6 is 0 Å². The van der Waals surface area contributed by atoms with Crippen LogP contribution in [0.4, 0.5) is 9.59 Å². The molecular weight excluding hydrogens is 404 g/mol. The number of imide groups is 2. The van der Waals surface area contributed by atoms with Gasteiger partial charge in [-0.2, -0.15) is 0 Å². The number of nitrogens with two attached hydrogens (primary N) is 3. The average Bonchev–Trinajstić information content (AvgIpc) is 2.98. The van der Waals surface area contributed by atoms with Crippen molar-refractivity contribution in [2.45, 2.75) is 45.4 Å². The van der Waals surface area contributed by atoms with Gasteiger partial charge < -0.3 is 22.5 Å². The van der Waals surface area contributed by atoms with Gasteiger partial charge in [-0.25, -0.2) is 9.59 Å². The molecule has 0 bridgehead atoms. The fraction of sp³-hybridized carbons (Fsp3) is 0.550. The highest BCUT2D eigenvalue weighted by Crippen LogP contribution is 2.13. The van der Waals surface area contributed by atoms with E-state index in [9.17, 15) is 24.0 Å². The number of unbranched alkanes of at least 4 members (excludes halogenated alkanes) is 2. The van der Waals surface area contributed by atoms with Crippen molar-refractivity contribution in [1.82, 2.24) is 15.1 Å². The molecule has 1 unspecified atom stereocenters. The Bertz CT molecular complexity index is 730. The molecule has 1 heterocycles. The maximum atomic E-state index is 12.4. The van der Waals surface area contributed by atoms with E-state index >= 15 is 0 Å². The Morgan fingerprint density at radius 3 is 2.29 bits per heavy atom. The van der Waals surface area contributed by atoms with Gasteiger partial charge in [0.15, 0.2) is 0 Å². The van der Waals surface area contributed by atoms with E-state index in [0.29, 0.717) is 31.5 Å². The monoisotopic (exact) mass is 436 g/mol. The normalized spacial score (nSPS) is 14.6. The molecule has 31 heavy (non-hydrogen) atoms. The first-order valence-electron chi connectivity index (χ1n) is 10.2. The van der Waals surface area contributed by atoms with Crippen molar-refractivity contribution in [3.8, 4) is 0 Å². The van der Waals surface area contributed by atoms with Gasteiger partial charge in [-0.15, -0.1) is 0 Å². The van der Waals surface area contributed by atoms with E-state index in [0.717, 1.165) is 17.7 Å². The largest absolute Gasteiger partial charge is 0.402 e. The summed E-state index contributed by atoms with van der Waals surface area (Å²) in [6, 6.07) is -1.53. The van der Waals surface area contributed by atoms with Gasteiger partial charge in [0, 0.05) is 43.9 Å². The molecule has 0 aromatic rings. The summed E-state index contributed by atoms with van der Waals surface area (Å²) in [5.74, 6) is -1.17. The van der Waals surface area contributed by atoms with Crippen molar-refractivity contribution in [3.05, 3.63) is 23.9 Å². The Balaban J connectivity index is 2.33. The number of hydrogen-bond donors (Lipinski definition) is 4. The third kappa shape index (κ3) is 9.79. The number of urea groups is 2. The van der Waals surface area contributed by atoms with Crippen molar-refractivity contribution in [1.29, 1.82) is 0 Å². The number of rotatable bonds is 13. The van der Waals surface area contributed by atoms with Crippen LogP contribution in [0.2, 0.25) is 0 Å². The maximum Gasteiger partial charge on any atom is 0.321 e. The molecule has 0 aromatic carbocycles. The SMILES string of the molecule is CC(/C=C(\N)CCCCCN1C(=O)C=CC1=O)CC(=O)N(CCCNC(N)=O)C(N)=O. The molecule has 0 saturated heterocycles. The Kier molecular flexibility index (Phi) is 10.8. The van der Waals surface area contributed by atoms with E-state index in [1.165, 1.54) is 17.1 Å². The summed E-state index contributed by atoms with van der Waals surface area (Å²) in [7, 11) is 0. The minimum Gasteiger partial charge on any atom is -0.402 e. The molecule has 172 valence electrons. The lowest BCUT2D eigenvalue weighted by Crippen LogP contribution is -2.43. The zero-order valence-electron chi connectivity index (χ0n) is 17.8. The third-order valence-corrected chi connectivity index (χ3v) is 4.67. The predicted molar refractivity (Wildman–Crippen MR) is 114 cm³/mol. The second-order valence-corrected chi connectivity index (χ2v) is 7.42. The number of amides is 7. The Hall–Kier alpha value is -3.37. The molecule has 1 aliphatic rings. The summed E-state index contributed by atoms with van der Waals surface area (Å²) in [5, 5.41) is 2.38. The number of allylic oxidation sites excluding steroid dienone is 2. The average molecular weight is 437 g/mol. The van der Waals surface area contributed by atoms with Crippen molar-refractivity contribution >= 4 is 29.8 Å². The third-order valence-electron chi connectivity index (χ3n) is 4.67. The van der Waals surface area contributed by atoms with Gasteiger partial charge in [0.05, 0.1) is 0 Å². The molecule has 0 radical (unpaired) electrons. The summed E-state index contributed by atoms with van der Waals surface area (Å²) in [5.41, 5.74) is 16.9. The zero-order valence-corrected chi connectivity index (χ0v) is 17.8. The van der Waals surface area contributed by atoms with Crippen molar-refractivity contribution < 1.29 is 24.0 Å². The molecule has 11 heteroatoms. The second kappa shape index (κ2) is 13.0. The minimum atomic E-state index is -0.849. The minimum absolute atomic E-state index is 0.0685. The Morgan fingerprint density at radius 2 is 1.71 bits per heavy atom. The fourth-order valence-corrected chi connectivity index (χ4v) is 3.13. The van der Waals surface area contributed by atoms with Crippen molar-refractivity contribution in [2.24, 2.45) is 23.1 Å². The number of carbonyl (C=O) groups is 5. The maximum absolute atomic E-state index is 12.4. The first-order chi connectivity index (χ1) is 14.6. The fourth-order valence-electron chi connectivity index (χ4n) is 3.13. The summed E-state index contributed by atoms with van der Waals surface area (Å²) in [4.78, 5) is 59.6. The topological polar surface area (TPSA) is 182 Å². The molecule has 0 fully saturated rings. The lowest BCUT2D eigenvalue weighted by molar-refractivity contribution is -0.137. The van der Waals surface area contributed by atoms with Crippen LogP contribution in [0, 0.1) is 5.92 Å². The van der Waals surface area contributed by atoms with Crippen LogP contribution in [0.1, 0.15) is 45.4 Å². The number of hydrogen-bond acceptors (Lipinski definition) is 6. The molecule has 11 nitrogen and oxygen atoms in total. The van der Waals surface area contributed by atoms with E-state index < -0.39 is 18.0 Å². The van der Waals surface area contributed by atoms with Crippen molar-refractivity contribution in [2.75, 3.05) is 19.6 Å². The molecule has 0 aromatic heterocycles. The van der Waals surface area contributed by atoms with Gasteiger partial charge in [0.2, 0.25) is 5.91 Å². The predicted octanol–water partition coefficient (Wildman–Crippen LogP) is 0.306. The molecule has 1 aliphatic heterocycles. The molecule has 0 saturated carbocycles.